The molecule has 1 aromatic carbocycles. The first kappa shape index (κ1) is 15.0. The van der Waals surface area contributed by atoms with E-state index in [0.717, 1.165) is 11.1 Å². The Morgan fingerprint density at radius 2 is 2.04 bits per heavy atom. The van der Waals surface area contributed by atoms with Gasteiger partial charge in [-0.3, -0.25) is 0 Å². The van der Waals surface area contributed by atoms with Crippen molar-refractivity contribution in [1.29, 1.82) is 0 Å². The van der Waals surface area contributed by atoms with Gasteiger partial charge in [0.25, 0.3) is 0 Å². The molecule has 0 unspecified atom stereocenters. The Balaban J connectivity index is 1.99. The fourth-order valence-corrected chi connectivity index (χ4v) is 4.13. The molecule has 4 rings (SSSR count). The summed E-state index contributed by atoms with van der Waals surface area (Å²) >= 11 is 0. The number of hydrogen-bond acceptors (Lipinski definition) is 3. The third kappa shape index (κ3) is 2.40. The molecule has 0 radical (unpaired) electrons. The average molecular weight is 320 g/mol. The standard InChI is InChI=1S/C20H20N2O2/c1-22-18-11-16(21-13-23)7-8-17(18)19(14-5-3-2-4-6-14)20(22)15-9-10-24-12-15/h7-12,14H,2-6H2,1H3. The molecule has 1 aliphatic carbocycles. The smallest absolute Gasteiger partial charge is 0.240 e. The topological polar surface area (TPSA) is 47.5 Å². The summed E-state index contributed by atoms with van der Waals surface area (Å²) in [5, 5.41) is 1.26. The summed E-state index contributed by atoms with van der Waals surface area (Å²) in [5.74, 6) is 0.577. The van der Waals surface area contributed by atoms with Crippen molar-refractivity contribution in [1.82, 2.24) is 4.57 Å². The number of hydrogen-bond donors (Lipinski definition) is 0. The molecular formula is C20H20N2O2. The molecule has 122 valence electrons. The van der Waals surface area contributed by atoms with Crippen LogP contribution >= 0.6 is 0 Å². The highest BCUT2D eigenvalue weighted by Crippen LogP contribution is 2.44. The second kappa shape index (κ2) is 6.14. The van der Waals surface area contributed by atoms with Gasteiger partial charge in [0.1, 0.15) is 0 Å². The average Bonchev–Trinajstić information content (AvgIpc) is 3.23. The molecule has 0 spiro atoms. The second-order valence-corrected chi connectivity index (χ2v) is 6.57. The maximum Gasteiger partial charge on any atom is 0.240 e. The molecule has 2 aromatic heterocycles. The second-order valence-electron chi connectivity index (χ2n) is 6.57. The van der Waals surface area contributed by atoms with Gasteiger partial charge in [-0.25, -0.2) is 4.79 Å². The van der Waals surface area contributed by atoms with Crippen LogP contribution in [-0.2, 0) is 11.8 Å². The van der Waals surface area contributed by atoms with E-state index in [1.54, 1.807) is 12.3 Å². The fourth-order valence-electron chi connectivity index (χ4n) is 4.13. The van der Waals surface area contributed by atoms with Crippen LogP contribution in [0.4, 0.5) is 5.69 Å². The molecule has 3 aromatic rings. The van der Waals surface area contributed by atoms with Crippen LogP contribution in [0.25, 0.3) is 22.2 Å². The van der Waals surface area contributed by atoms with Crippen molar-refractivity contribution in [3.05, 3.63) is 42.4 Å². The minimum absolute atomic E-state index is 0.577. The number of aryl methyl sites for hydroxylation is 1. The highest BCUT2D eigenvalue weighted by Gasteiger charge is 2.25. The van der Waals surface area contributed by atoms with Gasteiger partial charge in [0.05, 0.1) is 29.4 Å². The fraction of sp³-hybridized carbons (Fsp3) is 0.350. The lowest BCUT2D eigenvalue weighted by Crippen LogP contribution is -2.06. The van der Waals surface area contributed by atoms with E-state index in [1.807, 2.05) is 24.5 Å². The zero-order valence-electron chi connectivity index (χ0n) is 13.8. The molecule has 2 heterocycles. The number of nitrogens with zero attached hydrogens (tertiary/aromatic N) is 2. The molecule has 0 bridgehead atoms. The molecule has 0 atom stereocenters. The SMILES string of the molecule is Cn1c(-c2ccoc2)c(C2CCCCC2)c2ccc(N=C=O)cc21. The molecule has 0 aliphatic heterocycles. The lowest BCUT2D eigenvalue weighted by Gasteiger charge is -2.23. The number of aliphatic imine (C=N–C) groups is 1. The van der Waals surface area contributed by atoms with Crippen LogP contribution < -0.4 is 0 Å². The number of benzene rings is 1. The quantitative estimate of drug-likeness (QED) is 0.475. The molecular weight excluding hydrogens is 300 g/mol. The van der Waals surface area contributed by atoms with Gasteiger partial charge in [0, 0.05) is 18.0 Å². The Bertz CT molecular complexity index is 909. The van der Waals surface area contributed by atoms with Crippen molar-refractivity contribution < 1.29 is 9.21 Å². The van der Waals surface area contributed by atoms with Crippen molar-refractivity contribution in [3.8, 4) is 11.3 Å². The maximum absolute atomic E-state index is 10.6. The normalized spacial score (nSPS) is 15.5. The zero-order valence-corrected chi connectivity index (χ0v) is 13.8. The molecule has 0 amide bonds. The van der Waals surface area contributed by atoms with Crippen molar-refractivity contribution in [2.45, 2.75) is 38.0 Å². The number of fused-ring (bicyclic) bond motifs is 1. The summed E-state index contributed by atoms with van der Waals surface area (Å²) in [6, 6.07) is 7.99. The molecule has 1 fully saturated rings. The van der Waals surface area contributed by atoms with E-state index >= 15 is 0 Å². The third-order valence-corrected chi connectivity index (χ3v) is 5.21. The van der Waals surface area contributed by atoms with Gasteiger partial charge in [-0.15, -0.1) is 0 Å². The molecule has 4 heteroatoms. The monoisotopic (exact) mass is 320 g/mol. The minimum atomic E-state index is 0.577. The Labute approximate surface area is 140 Å². The Hall–Kier alpha value is -2.58. The van der Waals surface area contributed by atoms with E-state index in [1.165, 1.54) is 48.7 Å². The van der Waals surface area contributed by atoms with E-state index in [2.05, 4.69) is 22.7 Å². The van der Waals surface area contributed by atoms with Crippen LogP contribution in [0.5, 0.6) is 0 Å². The summed E-state index contributed by atoms with van der Waals surface area (Å²) in [7, 11) is 2.07. The highest BCUT2D eigenvalue weighted by atomic mass is 16.3. The lowest BCUT2D eigenvalue weighted by atomic mass is 9.82. The number of furan rings is 1. The summed E-state index contributed by atoms with van der Waals surface area (Å²) in [6.07, 6.45) is 11.5. The van der Waals surface area contributed by atoms with Gasteiger partial charge in [-0.05, 0) is 42.5 Å². The van der Waals surface area contributed by atoms with E-state index in [4.69, 9.17) is 4.42 Å². The van der Waals surface area contributed by atoms with Crippen LogP contribution in [-0.4, -0.2) is 10.6 Å². The van der Waals surface area contributed by atoms with Crippen molar-refractivity contribution in [3.63, 3.8) is 0 Å². The van der Waals surface area contributed by atoms with Crippen LogP contribution in [0.1, 0.15) is 43.6 Å². The van der Waals surface area contributed by atoms with Gasteiger partial charge in [0.2, 0.25) is 6.08 Å². The first-order valence-electron chi connectivity index (χ1n) is 8.52. The van der Waals surface area contributed by atoms with Crippen molar-refractivity contribution >= 4 is 22.7 Å². The first-order chi connectivity index (χ1) is 11.8. The molecule has 0 N–H and O–H groups in total. The summed E-state index contributed by atoms with van der Waals surface area (Å²) in [6.45, 7) is 0. The van der Waals surface area contributed by atoms with E-state index in [9.17, 15) is 4.79 Å². The summed E-state index contributed by atoms with van der Waals surface area (Å²) < 4.78 is 7.54. The Kier molecular flexibility index (Phi) is 3.83. The molecule has 1 saturated carbocycles. The number of carbonyl (C=O) groups excluding carboxylic acids is 1. The zero-order chi connectivity index (χ0) is 16.5. The number of aromatic nitrogens is 1. The van der Waals surface area contributed by atoms with Crippen molar-refractivity contribution in [2.75, 3.05) is 0 Å². The van der Waals surface area contributed by atoms with Crippen LogP contribution in [0.15, 0.2) is 46.2 Å². The first-order valence-corrected chi connectivity index (χ1v) is 8.52. The van der Waals surface area contributed by atoms with Gasteiger partial charge in [-0.1, -0.05) is 25.3 Å². The van der Waals surface area contributed by atoms with Crippen LogP contribution in [0, 0.1) is 0 Å². The lowest BCUT2D eigenvalue weighted by molar-refractivity contribution is 0.446. The number of rotatable bonds is 3. The van der Waals surface area contributed by atoms with Gasteiger partial charge in [0.15, 0.2) is 0 Å². The van der Waals surface area contributed by atoms with Crippen LogP contribution in [0.2, 0.25) is 0 Å². The van der Waals surface area contributed by atoms with E-state index in [-0.39, 0.29) is 0 Å². The maximum atomic E-state index is 10.6. The van der Waals surface area contributed by atoms with Gasteiger partial charge >= 0.3 is 0 Å². The third-order valence-electron chi connectivity index (χ3n) is 5.21. The molecule has 4 nitrogen and oxygen atoms in total. The Morgan fingerprint density at radius 1 is 1.21 bits per heavy atom. The van der Waals surface area contributed by atoms with E-state index in [0.29, 0.717) is 11.6 Å². The summed E-state index contributed by atoms with van der Waals surface area (Å²) in [5.41, 5.74) is 5.48. The predicted octanol–water partition coefficient (Wildman–Crippen LogP) is 5.45. The van der Waals surface area contributed by atoms with Gasteiger partial charge < -0.3 is 8.98 Å². The summed E-state index contributed by atoms with van der Waals surface area (Å²) in [4.78, 5) is 14.4. The molecule has 1 aliphatic rings. The van der Waals surface area contributed by atoms with Gasteiger partial charge in [-0.2, -0.15) is 4.99 Å². The molecule has 0 saturated heterocycles. The highest BCUT2D eigenvalue weighted by molar-refractivity contribution is 5.94. The van der Waals surface area contributed by atoms with Crippen LogP contribution in [0.3, 0.4) is 0 Å². The minimum Gasteiger partial charge on any atom is -0.472 e. The largest absolute Gasteiger partial charge is 0.472 e. The van der Waals surface area contributed by atoms with Crippen molar-refractivity contribution in [2.24, 2.45) is 12.0 Å². The molecule has 24 heavy (non-hydrogen) atoms. The van der Waals surface area contributed by atoms with E-state index < -0.39 is 0 Å². The number of isocyanates is 1. The predicted molar refractivity (Wildman–Crippen MR) is 94.2 cm³/mol. The Morgan fingerprint density at radius 3 is 2.75 bits per heavy atom.